The molecule has 2 heterocycles. The number of nitrogens with zero attached hydrogens (tertiary/aromatic N) is 3. The fraction of sp³-hybridized carbons (Fsp3) is 0.320. The van der Waals surface area contributed by atoms with Gasteiger partial charge >= 0.3 is 0 Å². The number of aliphatic hydroxyl groups is 1. The molecule has 3 aromatic rings. The lowest BCUT2D eigenvalue weighted by Crippen LogP contribution is -2.32. The molecule has 2 N–H and O–H groups in total. The lowest BCUT2D eigenvalue weighted by atomic mass is 10.1. The predicted octanol–water partition coefficient (Wildman–Crippen LogP) is 3.76. The summed E-state index contributed by atoms with van der Waals surface area (Å²) in [5.74, 6) is 0.699. The lowest BCUT2D eigenvalue weighted by Gasteiger charge is -2.18. The van der Waals surface area contributed by atoms with Gasteiger partial charge in [-0.15, -0.1) is 0 Å². The standard InChI is InChI=1S/C25H27FN4O5/c1-16(15-31)34-20-12-18(24(32)27-23-9-11-29(2)28-23)13-21(14-20)35-19-7-5-17(6-8-19)25(33)30-10-3-4-22(30)26/h5-9,11-14,16,22,31H,3-4,10,15H2,1-2H3,(H,27,28,32)/t16-,22?/m0/s1. The first kappa shape index (κ1) is 24.2. The molecule has 2 amide bonds. The van der Waals surface area contributed by atoms with Gasteiger partial charge in [-0.1, -0.05) is 0 Å². The highest BCUT2D eigenvalue weighted by molar-refractivity contribution is 6.04. The van der Waals surface area contributed by atoms with Crippen LogP contribution in [0.15, 0.2) is 54.7 Å². The largest absolute Gasteiger partial charge is 0.488 e. The van der Waals surface area contributed by atoms with Crippen molar-refractivity contribution in [2.75, 3.05) is 18.5 Å². The van der Waals surface area contributed by atoms with Gasteiger partial charge in [-0.3, -0.25) is 14.3 Å². The van der Waals surface area contributed by atoms with Gasteiger partial charge in [0.1, 0.15) is 23.4 Å². The van der Waals surface area contributed by atoms with Gasteiger partial charge in [0.05, 0.1) is 6.61 Å². The van der Waals surface area contributed by atoms with Crippen LogP contribution in [0.2, 0.25) is 0 Å². The molecule has 0 radical (unpaired) electrons. The zero-order valence-corrected chi connectivity index (χ0v) is 19.5. The maximum atomic E-state index is 13.9. The highest BCUT2D eigenvalue weighted by Gasteiger charge is 2.29. The van der Waals surface area contributed by atoms with E-state index in [0.717, 1.165) is 0 Å². The summed E-state index contributed by atoms with van der Waals surface area (Å²) < 4.78 is 27.1. The summed E-state index contributed by atoms with van der Waals surface area (Å²) >= 11 is 0. The van der Waals surface area contributed by atoms with Gasteiger partial charge in [-0.05, 0) is 56.2 Å². The molecule has 0 aliphatic carbocycles. The van der Waals surface area contributed by atoms with Crippen LogP contribution in [0.1, 0.15) is 40.5 Å². The third-order valence-corrected chi connectivity index (χ3v) is 5.47. The minimum Gasteiger partial charge on any atom is -0.488 e. The van der Waals surface area contributed by atoms with Gasteiger partial charge in [0, 0.05) is 43.0 Å². The molecule has 9 nitrogen and oxygen atoms in total. The molecule has 0 bridgehead atoms. The Hall–Kier alpha value is -3.92. The van der Waals surface area contributed by atoms with Crippen LogP contribution in [0, 0.1) is 0 Å². The molecule has 4 rings (SSSR count). The van der Waals surface area contributed by atoms with Gasteiger partial charge in [0.2, 0.25) is 0 Å². The first-order valence-electron chi connectivity index (χ1n) is 11.3. The predicted molar refractivity (Wildman–Crippen MR) is 126 cm³/mol. The second-order valence-corrected chi connectivity index (χ2v) is 8.33. The van der Waals surface area contributed by atoms with Crippen molar-refractivity contribution >= 4 is 17.6 Å². The minimum absolute atomic E-state index is 0.202. The number of rotatable bonds is 8. The van der Waals surface area contributed by atoms with Crippen molar-refractivity contribution in [1.29, 1.82) is 0 Å². The number of halogens is 1. The molecule has 0 spiro atoms. The first-order valence-corrected chi connectivity index (χ1v) is 11.3. The summed E-state index contributed by atoms with van der Waals surface area (Å²) in [6, 6.07) is 12.7. The van der Waals surface area contributed by atoms with Crippen LogP contribution < -0.4 is 14.8 Å². The summed E-state index contributed by atoms with van der Waals surface area (Å²) in [6.45, 7) is 1.90. The summed E-state index contributed by atoms with van der Waals surface area (Å²) in [6.07, 6.45) is 0.970. The average Bonchev–Trinajstić information content (AvgIpc) is 3.46. The summed E-state index contributed by atoms with van der Waals surface area (Å²) in [5, 5.41) is 16.2. The quantitative estimate of drug-likeness (QED) is 0.474. The number of aromatic nitrogens is 2. The molecule has 35 heavy (non-hydrogen) atoms. The van der Waals surface area contributed by atoms with Gasteiger partial charge in [-0.2, -0.15) is 5.10 Å². The summed E-state index contributed by atoms with van der Waals surface area (Å²) in [7, 11) is 1.74. The summed E-state index contributed by atoms with van der Waals surface area (Å²) in [4.78, 5) is 26.6. The van der Waals surface area contributed by atoms with Crippen LogP contribution >= 0.6 is 0 Å². The maximum absolute atomic E-state index is 13.9. The van der Waals surface area contributed by atoms with Crippen LogP contribution in [0.25, 0.3) is 0 Å². The van der Waals surface area contributed by atoms with Crippen molar-refractivity contribution in [3.63, 3.8) is 0 Å². The molecule has 1 fully saturated rings. The van der Waals surface area contributed by atoms with E-state index in [2.05, 4.69) is 10.4 Å². The van der Waals surface area contributed by atoms with E-state index in [0.29, 0.717) is 48.0 Å². The minimum atomic E-state index is -1.25. The number of amides is 2. The number of aryl methyl sites for hydroxylation is 1. The molecule has 2 aromatic carbocycles. The molecule has 1 aliphatic rings. The number of carbonyl (C=O) groups excluding carboxylic acids is 2. The molecular formula is C25H27FN4O5. The Morgan fingerprint density at radius 2 is 1.89 bits per heavy atom. The molecule has 1 unspecified atom stereocenters. The first-order chi connectivity index (χ1) is 16.8. The Morgan fingerprint density at radius 3 is 2.51 bits per heavy atom. The Labute approximate surface area is 202 Å². The van der Waals surface area contributed by atoms with Crippen molar-refractivity contribution in [3.05, 3.63) is 65.9 Å². The smallest absolute Gasteiger partial charge is 0.257 e. The number of anilines is 1. The zero-order chi connectivity index (χ0) is 24.9. The van der Waals surface area contributed by atoms with Crippen LogP contribution in [-0.2, 0) is 7.05 Å². The van der Waals surface area contributed by atoms with E-state index in [9.17, 15) is 19.1 Å². The van der Waals surface area contributed by atoms with Gasteiger partial charge in [-0.25, -0.2) is 4.39 Å². The Kier molecular flexibility index (Phi) is 7.31. The molecule has 1 aromatic heterocycles. The normalized spacial score (nSPS) is 16.1. The van der Waals surface area contributed by atoms with Crippen molar-refractivity contribution in [2.24, 2.45) is 7.05 Å². The van der Waals surface area contributed by atoms with Crippen molar-refractivity contribution in [3.8, 4) is 17.2 Å². The number of carbonyl (C=O) groups is 2. The van der Waals surface area contributed by atoms with Crippen LogP contribution in [-0.4, -0.2) is 57.2 Å². The summed E-state index contributed by atoms with van der Waals surface area (Å²) in [5.41, 5.74) is 0.634. The fourth-order valence-corrected chi connectivity index (χ4v) is 3.69. The third kappa shape index (κ3) is 5.96. The third-order valence-electron chi connectivity index (χ3n) is 5.47. The topological polar surface area (TPSA) is 106 Å². The van der Waals surface area contributed by atoms with Crippen molar-refractivity contribution in [2.45, 2.75) is 32.2 Å². The highest BCUT2D eigenvalue weighted by Crippen LogP contribution is 2.29. The maximum Gasteiger partial charge on any atom is 0.257 e. The second-order valence-electron chi connectivity index (χ2n) is 8.33. The SMILES string of the molecule is C[C@@H](CO)Oc1cc(Oc2ccc(C(=O)N3CCCC3F)cc2)cc(C(=O)Nc2ccn(C)n2)c1. The fourth-order valence-electron chi connectivity index (χ4n) is 3.69. The molecular weight excluding hydrogens is 455 g/mol. The number of hydrogen-bond acceptors (Lipinski definition) is 6. The van der Waals surface area contributed by atoms with Crippen molar-refractivity contribution in [1.82, 2.24) is 14.7 Å². The van der Waals surface area contributed by atoms with E-state index in [1.165, 1.54) is 4.90 Å². The lowest BCUT2D eigenvalue weighted by molar-refractivity contribution is 0.0592. The van der Waals surface area contributed by atoms with Gasteiger partial charge < -0.3 is 24.8 Å². The van der Waals surface area contributed by atoms with E-state index < -0.39 is 18.3 Å². The van der Waals surface area contributed by atoms with Crippen LogP contribution in [0.3, 0.4) is 0 Å². The Morgan fingerprint density at radius 1 is 1.14 bits per heavy atom. The van der Waals surface area contributed by atoms with E-state index in [1.54, 1.807) is 73.4 Å². The van der Waals surface area contributed by atoms with E-state index in [-0.39, 0.29) is 18.1 Å². The van der Waals surface area contributed by atoms with Crippen molar-refractivity contribution < 1.29 is 28.6 Å². The van der Waals surface area contributed by atoms with Gasteiger partial charge in [0.25, 0.3) is 11.8 Å². The van der Waals surface area contributed by atoms with Crippen LogP contribution in [0.5, 0.6) is 17.2 Å². The number of likely N-dealkylation sites (tertiary alicyclic amines) is 1. The number of benzene rings is 2. The molecule has 1 aliphatic heterocycles. The number of alkyl halides is 1. The van der Waals surface area contributed by atoms with E-state index in [4.69, 9.17) is 9.47 Å². The van der Waals surface area contributed by atoms with Gasteiger partial charge in [0.15, 0.2) is 12.1 Å². The molecule has 10 heteroatoms. The molecule has 184 valence electrons. The number of hydrogen-bond donors (Lipinski definition) is 2. The number of ether oxygens (including phenoxy) is 2. The monoisotopic (exact) mass is 482 g/mol. The number of nitrogens with one attached hydrogen (secondary N) is 1. The Balaban J connectivity index is 1.53. The second kappa shape index (κ2) is 10.6. The Bertz CT molecular complexity index is 1200. The molecule has 0 saturated carbocycles. The van der Waals surface area contributed by atoms with Crippen LogP contribution in [0.4, 0.5) is 10.2 Å². The van der Waals surface area contributed by atoms with E-state index in [1.807, 2.05) is 0 Å². The van der Waals surface area contributed by atoms with E-state index >= 15 is 0 Å². The molecule has 2 atom stereocenters. The molecule has 1 saturated heterocycles. The zero-order valence-electron chi connectivity index (χ0n) is 19.5. The average molecular weight is 483 g/mol. The highest BCUT2D eigenvalue weighted by atomic mass is 19.1. The number of aliphatic hydroxyl groups excluding tert-OH is 1.